The van der Waals surface area contributed by atoms with Gasteiger partial charge in [-0.15, -0.1) is 0 Å². The van der Waals surface area contributed by atoms with Crippen LogP contribution in [0.25, 0.3) is 0 Å². The maximum atomic E-state index is 13.1. The number of aryl methyl sites for hydroxylation is 1. The van der Waals surface area contributed by atoms with Crippen molar-refractivity contribution in [1.82, 2.24) is 0 Å². The number of esters is 1. The van der Waals surface area contributed by atoms with Crippen LogP contribution in [0.3, 0.4) is 0 Å². The van der Waals surface area contributed by atoms with E-state index in [4.69, 9.17) is 9.47 Å². The summed E-state index contributed by atoms with van der Waals surface area (Å²) in [5, 5.41) is 2.62. The van der Waals surface area contributed by atoms with Gasteiger partial charge in [0.15, 0.2) is 19.0 Å². The number of fused-ring (bicyclic) bond motifs is 1. The van der Waals surface area contributed by atoms with Gasteiger partial charge < -0.3 is 14.8 Å². The van der Waals surface area contributed by atoms with Gasteiger partial charge in [0, 0.05) is 11.3 Å². The second-order valence-corrected chi connectivity index (χ2v) is 11.6. The lowest BCUT2D eigenvalue weighted by Gasteiger charge is -2.21. The lowest BCUT2D eigenvalue weighted by Crippen LogP contribution is -2.25. The molecule has 0 spiro atoms. The molecule has 1 aliphatic heterocycles. The fraction of sp³-hybridized carbons (Fsp3) is 0.250. The van der Waals surface area contributed by atoms with Crippen molar-refractivity contribution < 1.29 is 32.3 Å². The maximum absolute atomic E-state index is 13.1. The van der Waals surface area contributed by atoms with Crippen molar-refractivity contribution in [2.45, 2.75) is 38.0 Å². The van der Waals surface area contributed by atoms with Crippen molar-refractivity contribution >= 4 is 39.1 Å². The molecule has 0 aliphatic carbocycles. The zero-order valence-corrected chi connectivity index (χ0v) is 22.3. The molecule has 0 saturated heterocycles. The van der Waals surface area contributed by atoms with Gasteiger partial charge in [0.1, 0.15) is 5.75 Å². The molecule has 1 heterocycles. The topological polar surface area (TPSA) is 128 Å². The van der Waals surface area contributed by atoms with E-state index in [-0.39, 0.29) is 39.6 Å². The largest absolute Gasteiger partial charge is 0.482 e. The van der Waals surface area contributed by atoms with Gasteiger partial charge in [0.2, 0.25) is 0 Å². The molecule has 38 heavy (non-hydrogen) atoms. The van der Waals surface area contributed by atoms with Crippen LogP contribution in [-0.2, 0) is 25.0 Å². The number of ether oxygens (including phenoxy) is 2. The summed E-state index contributed by atoms with van der Waals surface area (Å²) in [6.45, 7) is 7.15. The number of anilines is 2. The molecule has 4 rings (SSSR count). The number of amides is 1. The summed E-state index contributed by atoms with van der Waals surface area (Å²) in [6, 6.07) is 15.6. The molecule has 0 radical (unpaired) electrons. The summed E-state index contributed by atoms with van der Waals surface area (Å²) in [4.78, 5) is 36.6. The number of hydrogen-bond acceptors (Lipinski definition) is 7. The number of rotatable bonds is 7. The van der Waals surface area contributed by atoms with E-state index >= 15 is 0 Å². The highest BCUT2D eigenvalue weighted by molar-refractivity contribution is 7.92. The Hall–Kier alpha value is -4.18. The Morgan fingerprint density at radius 1 is 1.00 bits per heavy atom. The number of sulfonamides is 1. The third-order valence-corrected chi connectivity index (χ3v) is 7.51. The van der Waals surface area contributed by atoms with Crippen LogP contribution < -0.4 is 14.8 Å². The van der Waals surface area contributed by atoms with E-state index in [1.165, 1.54) is 36.4 Å². The Morgan fingerprint density at radius 2 is 1.68 bits per heavy atom. The molecule has 2 N–H and O–H groups in total. The lowest BCUT2D eigenvalue weighted by molar-refractivity contribution is -0.118. The first kappa shape index (κ1) is 26.9. The molecule has 1 amide bonds. The molecule has 0 unspecified atom stereocenters. The highest BCUT2D eigenvalue weighted by Gasteiger charge is 2.22. The third kappa shape index (κ3) is 6.03. The Bertz CT molecular complexity index is 1520. The summed E-state index contributed by atoms with van der Waals surface area (Å²) < 4.78 is 39.1. The summed E-state index contributed by atoms with van der Waals surface area (Å²) in [7, 11) is -3.87. The summed E-state index contributed by atoms with van der Waals surface area (Å²) in [5.74, 6) is -1.08. The molecule has 10 heteroatoms. The number of hydrogen-bond donors (Lipinski definition) is 2. The van der Waals surface area contributed by atoms with E-state index in [1.54, 1.807) is 25.1 Å². The predicted molar refractivity (Wildman–Crippen MR) is 142 cm³/mol. The highest BCUT2D eigenvalue weighted by Crippen LogP contribution is 2.29. The average molecular weight is 537 g/mol. The number of nitrogens with one attached hydrogen (secondary N) is 2. The molecule has 0 fully saturated rings. The molecular formula is C28H28N2O7S. The number of carbonyl (C=O) groups is 3. The summed E-state index contributed by atoms with van der Waals surface area (Å²) >= 11 is 0. The molecule has 3 aromatic carbocycles. The van der Waals surface area contributed by atoms with Gasteiger partial charge in [-0.2, -0.15) is 0 Å². The van der Waals surface area contributed by atoms with E-state index in [0.29, 0.717) is 17.0 Å². The monoisotopic (exact) mass is 536 g/mol. The maximum Gasteiger partial charge on any atom is 0.338 e. The molecule has 198 valence electrons. The Morgan fingerprint density at radius 3 is 2.37 bits per heavy atom. The minimum atomic E-state index is -3.87. The Labute approximate surface area is 221 Å². The van der Waals surface area contributed by atoms with Crippen LogP contribution in [0.1, 0.15) is 52.6 Å². The lowest BCUT2D eigenvalue weighted by atomic mass is 9.87. The standard InChI is InChI=1S/C28H28N2O7S/c1-17-5-9-20(28(2,3)4)14-25(17)38(34,35)30-21-10-6-18(7-11-21)27(33)37-15-23(31)19-8-12-24-22(13-19)29-26(32)16-36-24/h5-14,30H,15-16H2,1-4H3,(H,29,32). The van der Waals surface area contributed by atoms with Crippen molar-refractivity contribution in [3.8, 4) is 5.75 Å². The minimum absolute atomic E-state index is 0.0951. The quantitative estimate of drug-likeness (QED) is 0.337. The first-order chi connectivity index (χ1) is 17.8. The van der Waals surface area contributed by atoms with Gasteiger partial charge in [0.25, 0.3) is 15.9 Å². The molecule has 0 saturated carbocycles. The molecule has 1 aliphatic rings. The van der Waals surface area contributed by atoms with Gasteiger partial charge in [-0.05, 0) is 72.0 Å². The fourth-order valence-corrected chi connectivity index (χ4v) is 5.13. The fourth-order valence-electron chi connectivity index (χ4n) is 3.79. The van der Waals surface area contributed by atoms with Crippen LogP contribution >= 0.6 is 0 Å². The molecule has 3 aromatic rings. The van der Waals surface area contributed by atoms with E-state index < -0.39 is 28.4 Å². The van der Waals surface area contributed by atoms with E-state index in [9.17, 15) is 22.8 Å². The van der Waals surface area contributed by atoms with Crippen LogP contribution in [0.5, 0.6) is 5.75 Å². The second kappa shape index (κ2) is 10.3. The van der Waals surface area contributed by atoms with E-state index in [0.717, 1.165) is 5.56 Å². The molecule has 0 atom stereocenters. The second-order valence-electron chi connectivity index (χ2n) is 9.96. The molecule has 9 nitrogen and oxygen atoms in total. The predicted octanol–water partition coefficient (Wildman–Crippen LogP) is 4.46. The molecule has 0 bridgehead atoms. The Balaban J connectivity index is 1.40. The van der Waals surface area contributed by atoms with Crippen molar-refractivity contribution in [2.75, 3.05) is 23.3 Å². The zero-order valence-electron chi connectivity index (χ0n) is 21.5. The van der Waals surface area contributed by atoms with Crippen LogP contribution in [0, 0.1) is 6.92 Å². The number of carbonyl (C=O) groups excluding carboxylic acids is 3. The van der Waals surface area contributed by atoms with Gasteiger partial charge >= 0.3 is 5.97 Å². The average Bonchev–Trinajstić information content (AvgIpc) is 2.86. The van der Waals surface area contributed by atoms with Gasteiger partial charge in [-0.25, -0.2) is 13.2 Å². The van der Waals surface area contributed by atoms with Crippen molar-refractivity contribution in [3.05, 3.63) is 82.9 Å². The zero-order chi connectivity index (χ0) is 27.7. The normalized spacial score (nSPS) is 13.1. The van der Waals surface area contributed by atoms with Crippen LogP contribution in [0.4, 0.5) is 11.4 Å². The van der Waals surface area contributed by atoms with Crippen molar-refractivity contribution in [3.63, 3.8) is 0 Å². The van der Waals surface area contributed by atoms with Gasteiger partial charge in [0.05, 0.1) is 16.1 Å². The van der Waals surface area contributed by atoms with E-state index in [1.807, 2.05) is 26.8 Å². The van der Waals surface area contributed by atoms with Crippen molar-refractivity contribution in [2.24, 2.45) is 0 Å². The first-order valence-corrected chi connectivity index (χ1v) is 13.3. The van der Waals surface area contributed by atoms with Crippen LogP contribution in [0.2, 0.25) is 0 Å². The molecular weight excluding hydrogens is 508 g/mol. The highest BCUT2D eigenvalue weighted by atomic mass is 32.2. The first-order valence-electron chi connectivity index (χ1n) is 11.8. The Kier molecular flexibility index (Phi) is 7.28. The molecule has 0 aromatic heterocycles. The summed E-state index contributed by atoms with van der Waals surface area (Å²) in [6.07, 6.45) is 0. The number of ketones is 1. The van der Waals surface area contributed by atoms with Crippen molar-refractivity contribution in [1.29, 1.82) is 0 Å². The minimum Gasteiger partial charge on any atom is -0.482 e. The number of benzene rings is 3. The summed E-state index contributed by atoms with van der Waals surface area (Å²) in [5.41, 5.74) is 2.34. The van der Waals surface area contributed by atoms with E-state index in [2.05, 4.69) is 10.0 Å². The SMILES string of the molecule is Cc1ccc(C(C)(C)C)cc1S(=O)(=O)Nc1ccc(C(=O)OCC(=O)c2ccc3c(c2)NC(=O)CO3)cc1. The third-order valence-electron chi connectivity index (χ3n) is 5.99. The van der Waals surface area contributed by atoms with Gasteiger partial charge in [-0.1, -0.05) is 32.9 Å². The smallest absolute Gasteiger partial charge is 0.338 e. The van der Waals surface area contributed by atoms with Crippen LogP contribution in [-0.4, -0.2) is 39.3 Å². The number of Topliss-reactive ketones (excluding diaryl/α,β-unsaturated/α-hetero) is 1. The van der Waals surface area contributed by atoms with Gasteiger partial charge in [-0.3, -0.25) is 14.3 Å². The van der Waals surface area contributed by atoms with Crippen LogP contribution in [0.15, 0.2) is 65.6 Å².